The van der Waals surface area contributed by atoms with Gasteiger partial charge in [0.1, 0.15) is 0 Å². The van der Waals surface area contributed by atoms with Crippen molar-refractivity contribution in [1.29, 1.82) is 0 Å². The second kappa shape index (κ2) is 6.97. The van der Waals surface area contributed by atoms with Crippen molar-refractivity contribution in [2.45, 2.75) is 4.84 Å². The van der Waals surface area contributed by atoms with Crippen LogP contribution < -0.4 is 4.74 Å². The zero-order valence-corrected chi connectivity index (χ0v) is 11.6. The van der Waals surface area contributed by atoms with Crippen LogP contribution >= 0.6 is 23.2 Å². The minimum Gasteiger partial charge on any atom is -0.504 e. The fourth-order valence-corrected chi connectivity index (χ4v) is 1.25. The molecule has 0 radical (unpaired) electrons. The molecule has 0 heterocycles. The summed E-state index contributed by atoms with van der Waals surface area (Å²) >= 11 is 10.5. The van der Waals surface area contributed by atoms with Gasteiger partial charge < -0.3 is 19.8 Å². The number of phenols is 1. The zero-order valence-electron chi connectivity index (χ0n) is 10.0. The van der Waals surface area contributed by atoms with Crippen LogP contribution in [0.4, 0.5) is 0 Å². The summed E-state index contributed by atoms with van der Waals surface area (Å²) in [6, 6.07) is 3.69. The van der Waals surface area contributed by atoms with Gasteiger partial charge in [-0.25, -0.2) is 9.59 Å². The molecular formula is C11H9Cl2NO6. The number of nitrogens with zero attached hydrogens (tertiary/aromatic N) is 1. The third kappa shape index (κ3) is 4.01. The van der Waals surface area contributed by atoms with Crippen molar-refractivity contribution < 1.29 is 29.4 Å². The van der Waals surface area contributed by atoms with Gasteiger partial charge >= 0.3 is 11.9 Å². The number of aliphatic carboxylic acids is 1. The summed E-state index contributed by atoms with van der Waals surface area (Å²) in [5.41, 5.74) is -0.522. The number of carboxylic acid groups (broad SMARTS) is 1. The molecule has 0 aliphatic heterocycles. The van der Waals surface area contributed by atoms with Gasteiger partial charge in [0.2, 0.25) is 4.84 Å². The van der Waals surface area contributed by atoms with E-state index in [1.54, 1.807) is 0 Å². The number of methoxy groups -OCH3 is 1. The lowest BCUT2D eigenvalue weighted by atomic mass is 10.1. The lowest BCUT2D eigenvalue weighted by Gasteiger charge is -2.06. The molecule has 0 saturated heterocycles. The average molecular weight is 322 g/mol. The van der Waals surface area contributed by atoms with Crippen molar-refractivity contribution in [3.8, 4) is 11.5 Å². The Morgan fingerprint density at radius 3 is 2.50 bits per heavy atom. The lowest BCUT2D eigenvalue weighted by molar-refractivity contribution is -0.141. The highest BCUT2D eigenvalue weighted by Crippen LogP contribution is 2.26. The molecule has 0 aromatic heterocycles. The number of carbonyl (C=O) groups is 2. The van der Waals surface area contributed by atoms with Gasteiger partial charge in [0.15, 0.2) is 17.2 Å². The van der Waals surface area contributed by atoms with Gasteiger partial charge in [-0.2, -0.15) is 0 Å². The lowest BCUT2D eigenvalue weighted by Crippen LogP contribution is -2.17. The zero-order chi connectivity index (χ0) is 15.3. The number of carboxylic acids is 1. The minimum atomic E-state index is -1.48. The Kier molecular flexibility index (Phi) is 5.60. The molecule has 0 fully saturated rings. The summed E-state index contributed by atoms with van der Waals surface area (Å²) in [4.78, 5) is 24.9. The SMILES string of the molecule is COc1cc(/C(=N\OC(=O)C(Cl)Cl)C(=O)O)ccc1O. The van der Waals surface area contributed by atoms with E-state index in [0.29, 0.717) is 0 Å². The number of halogens is 2. The maximum atomic E-state index is 11.1. The van der Waals surface area contributed by atoms with Crippen LogP contribution in [0.3, 0.4) is 0 Å². The summed E-state index contributed by atoms with van der Waals surface area (Å²) in [6.45, 7) is 0. The first-order valence-electron chi connectivity index (χ1n) is 5.04. The molecule has 108 valence electrons. The highest BCUT2D eigenvalue weighted by atomic mass is 35.5. The average Bonchev–Trinajstić information content (AvgIpc) is 2.39. The Morgan fingerprint density at radius 1 is 1.35 bits per heavy atom. The second-order valence-corrected chi connectivity index (χ2v) is 4.44. The molecule has 0 bridgehead atoms. The molecule has 0 aliphatic rings. The van der Waals surface area contributed by atoms with Gasteiger partial charge in [-0.3, -0.25) is 0 Å². The largest absolute Gasteiger partial charge is 0.504 e. The van der Waals surface area contributed by atoms with Gasteiger partial charge in [0.05, 0.1) is 7.11 Å². The maximum Gasteiger partial charge on any atom is 0.367 e. The van der Waals surface area contributed by atoms with E-state index in [9.17, 15) is 14.7 Å². The van der Waals surface area contributed by atoms with Crippen molar-refractivity contribution in [2.75, 3.05) is 7.11 Å². The van der Waals surface area contributed by atoms with Crippen LogP contribution in [0, 0.1) is 0 Å². The summed E-state index contributed by atoms with van der Waals surface area (Å²) in [6.07, 6.45) is 0. The maximum absolute atomic E-state index is 11.1. The molecule has 1 aromatic rings. The normalized spacial score (nSPS) is 11.3. The minimum absolute atomic E-state index is 0.0374. The molecule has 0 atom stereocenters. The van der Waals surface area contributed by atoms with Crippen LogP contribution in [-0.4, -0.2) is 39.8 Å². The summed E-state index contributed by atoms with van der Waals surface area (Å²) in [5.74, 6) is -2.71. The summed E-state index contributed by atoms with van der Waals surface area (Å²) in [7, 11) is 1.29. The van der Waals surface area contributed by atoms with Gasteiger partial charge in [0, 0.05) is 5.56 Å². The van der Waals surface area contributed by atoms with Crippen molar-refractivity contribution >= 4 is 40.9 Å². The number of carbonyl (C=O) groups excluding carboxylic acids is 1. The number of ether oxygens (including phenoxy) is 1. The quantitative estimate of drug-likeness (QED) is 0.369. The molecule has 0 amide bonds. The number of oxime groups is 1. The number of benzene rings is 1. The Bertz CT molecular complexity index is 558. The van der Waals surface area contributed by atoms with E-state index in [1.165, 1.54) is 25.3 Å². The second-order valence-electron chi connectivity index (χ2n) is 3.34. The van der Waals surface area contributed by atoms with Crippen molar-refractivity contribution in [3.63, 3.8) is 0 Å². The Hall–Kier alpha value is -1.99. The number of rotatable bonds is 5. The number of phenolic OH excluding ortho intramolecular Hbond substituents is 1. The first-order valence-corrected chi connectivity index (χ1v) is 5.91. The fraction of sp³-hybridized carbons (Fsp3) is 0.182. The Morgan fingerprint density at radius 2 is 2.00 bits per heavy atom. The highest BCUT2D eigenvalue weighted by molar-refractivity contribution is 6.53. The van der Waals surface area contributed by atoms with Crippen molar-refractivity contribution in [3.05, 3.63) is 23.8 Å². The molecular weight excluding hydrogens is 313 g/mol. The topological polar surface area (TPSA) is 105 Å². The summed E-state index contributed by atoms with van der Waals surface area (Å²) < 4.78 is 4.83. The van der Waals surface area contributed by atoms with E-state index in [1.807, 2.05) is 0 Å². The number of aromatic hydroxyl groups is 1. The summed E-state index contributed by atoms with van der Waals surface area (Å²) in [5, 5.41) is 21.6. The molecule has 0 aliphatic carbocycles. The molecule has 0 spiro atoms. The van der Waals surface area contributed by atoms with E-state index in [-0.39, 0.29) is 17.1 Å². The molecule has 1 rings (SSSR count). The molecule has 1 aromatic carbocycles. The van der Waals surface area contributed by atoms with Crippen molar-refractivity contribution in [1.82, 2.24) is 0 Å². The van der Waals surface area contributed by atoms with Gasteiger partial charge in [-0.05, 0) is 18.2 Å². The van der Waals surface area contributed by atoms with Gasteiger partial charge in [0.25, 0.3) is 0 Å². The van der Waals surface area contributed by atoms with Crippen LogP contribution in [0.25, 0.3) is 0 Å². The van der Waals surface area contributed by atoms with Crippen LogP contribution in [0.15, 0.2) is 23.4 Å². The van der Waals surface area contributed by atoms with Crippen LogP contribution in [-0.2, 0) is 14.4 Å². The van der Waals surface area contributed by atoms with Crippen molar-refractivity contribution in [2.24, 2.45) is 5.16 Å². The van der Waals surface area contributed by atoms with Crippen LogP contribution in [0.2, 0.25) is 0 Å². The van der Waals surface area contributed by atoms with E-state index >= 15 is 0 Å². The Labute approximate surface area is 123 Å². The van der Waals surface area contributed by atoms with Crippen LogP contribution in [0.5, 0.6) is 11.5 Å². The molecule has 20 heavy (non-hydrogen) atoms. The van der Waals surface area contributed by atoms with E-state index in [2.05, 4.69) is 9.99 Å². The predicted molar refractivity (Wildman–Crippen MR) is 70.4 cm³/mol. The number of alkyl halides is 2. The fourth-order valence-electron chi connectivity index (χ4n) is 1.17. The molecule has 9 heteroatoms. The first kappa shape index (κ1) is 16.1. The van der Waals surface area contributed by atoms with Crippen LogP contribution in [0.1, 0.15) is 5.56 Å². The monoisotopic (exact) mass is 321 g/mol. The smallest absolute Gasteiger partial charge is 0.367 e. The third-order valence-corrected chi connectivity index (χ3v) is 2.42. The molecule has 0 saturated carbocycles. The van der Waals surface area contributed by atoms with E-state index in [4.69, 9.17) is 33.0 Å². The van der Waals surface area contributed by atoms with E-state index < -0.39 is 22.5 Å². The third-order valence-electron chi connectivity index (χ3n) is 2.06. The Balaban J connectivity index is 3.11. The predicted octanol–water partition coefficient (Wildman–Crippen LogP) is 1.54. The molecule has 0 unspecified atom stereocenters. The van der Waals surface area contributed by atoms with Gasteiger partial charge in [-0.1, -0.05) is 28.4 Å². The van der Waals surface area contributed by atoms with E-state index in [0.717, 1.165) is 0 Å². The first-order chi connectivity index (χ1) is 9.36. The number of hydrogen-bond donors (Lipinski definition) is 2. The highest BCUT2D eigenvalue weighted by Gasteiger charge is 2.19. The van der Waals surface area contributed by atoms with Gasteiger partial charge in [-0.15, -0.1) is 0 Å². The molecule has 7 nitrogen and oxygen atoms in total. The standard InChI is InChI=1S/C11H9Cl2NO6/c1-19-7-4-5(2-3-6(7)15)8(10(16)17)14-20-11(18)9(12)13/h2-4,9,15H,1H3,(H,16,17)/b14-8+. The molecule has 2 N–H and O–H groups in total. The number of hydrogen-bond acceptors (Lipinski definition) is 6.